The first-order valence-electron chi connectivity index (χ1n) is 5.93. The number of nitrogens with zero attached hydrogens (tertiary/aromatic N) is 1. The second kappa shape index (κ2) is 6.13. The van der Waals surface area contributed by atoms with Gasteiger partial charge >= 0.3 is 0 Å². The lowest BCUT2D eigenvalue weighted by Crippen LogP contribution is -2.23. The lowest BCUT2D eigenvalue weighted by atomic mass is 10.0. The Morgan fingerprint density at radius 2 is 2.18 bits per heavy atom. The molecule has 94 valence electrons. The van der Waals surface area contributed by atoms with Crippen LogP contribution in [0.3, 0.4) is 0 Å². The quantitative estimate of drug-likeness (QED) is 0.318. The lowest BCUT2D eigenvalue weighted by Gasteiger charge is -2.21. The monoisotopic (exact) mass is 235 g/mol. The number of nitrogens with two attached hydrogens (primary N) is 1. The fourth-order valence-electron chi connectivity index (χ4n) is 1.58. The van der Waals surface area contributed by atoms with Crippen molar-refractivity contribution in [3.8, 4) is 0 Å². The van der Waals surface area contributed by atoms with Crippen molar-refractivity contribution in [1.29, 1.82) is 0 Å². The summed E-state index contributed by atoms with van der Waals surface area (Å²) in [6.45, 7) is 6.55. The first-order chi connectivity index (χ1) is 8.08. The Morgan fingerprint density at radius 3 is 2.76 bits per heavy atom. The molecular weight excluding hydrogens is 214 g/mol. The van der Waals surface area contributed by atoms with Crippen LogP contribution >= 0.6 is 0 Å². The molecule has 0 aliphatic heterocycles. The van der Waals surface area contributed by atoms with Crippen molar-refractivity contribution in [3.63, 3.8) is 0 Å². The van der Waals surface area contributed by atoms with Crippen molar-refractivity contribution in [1.82, 2.24) is 0 Å². The Morgan fingerprint density at radius 1 is 1.47 bits per heavy atom. The highest BCUT2D eigenvalue weighted by Gasteiger charge is 2.10. The zero-order valence-corrected chi connectivity index (χ0v) is 10.6. The van der Waals surface area contributed by atoms with Crippen LogP contribution in [0, 0.1) is 5.92 Å². The molecule has 0 aliphatic carbocycles. The molecular formula is C13H21N3O. The minimum atomic E-state index is 0.129. The summed E-state index contributed by atoms with van der Waals surface area (Å²) < 4.78 is 0. The van der Waals surface area contributed by atoms with Crippen molar-refractivity contribution in [2.24, 2.45) is 16.8 Å². The summed E-state index contributed by atoms with van der Waals surface area (Å²) in [7, 11) is 0. The van der Waals surface area contributed by atoms with Crippen LogP contribution in [0.4, 0.5) is 5.69 Å². The number of hydrogen-bond acceptors (Lipinski definition) is 3. The van der Waals surface area contributed by atoms with Gasteiger partial charge in [-0.25, -0.2) is 0 Å². The Balaban J connectivity index is 2.79. The summed E-state index contributed by atoms with van der Waals surface area (Å²) in [6.07, 6.45) is 1.13. The van der Waals surface area contributed by atoms with E-state index in [-0.39, 0.29) is 5.84 Å². The fourth-order valence-corrected chi connectivity index (χ4v) is 1.58. The highest BCUT2D eigenvalue weighted by atomic mass is 16.4. The van der Waals surface area contributed by atoms with Crippen LogP contribution in [0.15, 0.2) is 29.4 Å². The first kappa shape index (κ1) is 13.4. The predicted molar refractivity (Wildman–Crippen MR) is 71.5 cm³/mol. The molecule has 1 aromatic carbocycles. The third kappa shape index (κ3) is 3.66. The van der Waals surface area contributed by atoms with Gasteiger partial charge in [-0.1, -0.05) is 37.6 Å². The summed E-state index contributed by atoms with van der Waals surface area (Å²) in [5, 5.41) is 15.0. The number of oxime groups is 1. The highest BCUT2D eigenvalue weighted by Crippen LogP contribution is 2.16. The van der Waals surface area contributed by atoms with E-state index in [1.165, 1.54) is 0 Å². The van der Waals surface area contributed by atoms with Crippen LogP contribution in [0.2, 0.25) is 0 Å². The largest absolute Gasteiger partial charge is 0.409 e. The van der Waals surface area contributed by atoms with E-state index in [0.29, 0.717) is 17.5 Å². The maximum absolute atomic E-state index is 8.63. The molecule has 0 spiro atoms. The van der Waals surface area contributed by atoms with Crippen molar-refractivity contribution in [3.05, 3.63) is 29.8 Å². The standard InChI is InChI=1S/C13H21N3O/c1-4-9(2)10(3)15-12-7-5-6-11(8-12)13(14)16-17/h5-10,15,17H,4H2,1-3H3,(H2,14,16)/t9?,10-/m0/s1. The molecule has 0 amide bonds. The molecule has 0 fully saturated rings. The normalized spacial score (nSPS) is 15.4. The van der Waals surface area contributed by atoms with E-state index in [1.54, 1.807) is 0 Å². The van der Waals surface area contributed by atoms with Crippen LogP contribution in [0.1, 0.15) is 32.8 Å². The molecule has 0 saturated heterocycles. The maximum Gasteiger partial charge on any atom is 0.170 e. The first-order valence-corrected chi connectivity index (χ1v) is 5.93. The van der Waals surface area contributed by atoms with Gasteiger partial charge in [0.1, 0.15) is 0 Å². The maximum atomic E-state index is 8.63. The van der Waals surface area contributed by atoms with Gasteiger partial charge in [0.15, 0.2) is 5.84 Å². The van der Waals surface area contributed by atoms with Gasteiger partial charge in [0, 0.05) is 17.3 Å². The van der Waals surface area contributed by atoms with Crippen LogP contribution in [0.5, 0.6) is 0 Å². The van der Waals surface area contributed by atoms with Gasteiger partial charge in [0.2, 0.25) is 0 Å². The summed E-state index contributed by atoms with van der Waals surface area (Å²) in [5.41, 5.74) is 7.26. The molecule has 0 aliphatic rings. The van der Waals surface area contributed by atoms with E-state index in [1.807, 2.05) is 24.3 Å². The zero-order valence-electron chi connectivity index (χ0n) is 10.6. The second-order valence-electron chi connectivity index (χ2n) is 4.38. The molecule has 1 unspecified atom stereocenters. The van der Waals surface area contributed by atoms with Crippen LogP contribution < -0.4 is 11.1 Å². The molecule has 4 N–H and O–H groups in total. The number of anilines is 1. The molecule has 1 aromatic rings. The smallest absolute Gasteiger partial charge is 0.170 e. The average Bonchev–Trinajstić information content (AvgIpc) is 2.37. The van der Waals surface area contributed by atoms with Gasteiger partial charge in [0.25, 0.3) is 0 Å². The highest BCUT2D eigenvalue weighted by molar-refractivity contribution is 5.97. The second-order valence-corrected chi connectivity index (χ2v) is 4.38. The van der Waals surface area contributed by atoms with E-state index in [4.69, 9.17) is 10.9 Å². The number of hydrogen-bond donors (Lipinski definition) is 3. The van der Waals surface area contributed by atoms with E-state index in [2.05, 4.69) is 31.2 Å². The zero-order chi connectivity index (χ0) is 12.8. The van der Waals surface area contributed by atoms with Crippen molar-refractivity contribution in [2.75, 3.05) is 5.32 Å². The van der Waals surface area contributed by atoms with Crippen molar-refractivity contribution >= 4 is 11.5 Å². The van der Waals surface area contributed by atoms with Crippen LogP contribution in [-0.2, 0) is 0 Å². The molecule has 0 bridgehead atoms. The van der Waals surface area contributed by atoms with Gasteiger partial charge in [-0.3, -0.25) is 0 Å². The third-order valence-corrected chi connectivity index (χ3v) is 3.16. The Kier molecular flexibility index (Phi) is 4.82. The SMILES string of the molecule is CCC(C)[C@H](C)Nc1cccc(C(N)=NO)c1. The van der Waals surface area contributed by atoms with Gasteiger partial charge in [-0.05, 0) is 25.0 Å². The van der Waals surface area contributed by atoms with Gasteiger partial charge in [-0.2, -0.15) is 0 Å². The van der Waals surface area contributed by atoms with E-state index >= 15 is 0 Å². The van der Waals surface area contributed by atoms with Gasteiger partial charge < -0.3 is 16.3 Å². The lowest BCUT2D eigenvalue weighted by molar-refractivity contribution is 0.318. The molecule has 17 heavy (non-hydrogen) atoms. The van der Waals surface area contributed by atoms with Crippen molar-refractivity contribution in [2.45, 2.75) is 33.2 Å². The number of amidine groups is 1. The van der Waals surface area contributed by atoms with Crippen LogP contribution in [0.25, 0.3) is 0 Å². The summed E-state index contributed by atoms with van der Waals surface area (Å²) in [6, 6.07) is 7.95. The molecule has 4 heteroatoms. The van der Waals surface area contributed by atoms with Gasteiger partial charge in [-0.15, -0.1) is 0 Å². The molecule has 0 aromatic heterocycles. The third-order valence-electron chi connectivity index (χ3n) is 3.16. The molecule has 0 radical (unpaired) electrons. The average molecular weight is 235 g/mol. The van der Waals surface area contributed by atoms with Crippen LogP contribution in [-0.4, -0.2) is 17.1 Å². The summed E-state index contributed by atoms with van der Waals surface area (Å²) in [4.78, 5) is 0. The fraction of sp³-hybridized carbons (Fsp3) is 0.462. The van der Waals surface area contributed by atoms with Gasteiger partial charge in [0.05, 0.1) is 0 Å². The molecule has 4 nitrogen and oxygen atoms in total. The predicted octanol–water partition coefficient (Wildman–Crippen LogP) is 2.63. The van der Waals surface area contributed by atoms with Crippen molar-refractivity contribution < 1.29 is 5.21 Å². The molecule has 0 saturated carbocycles. The number of rotatable bonds is 5. The van der Waals surface area contributed by atoms with E-state index in [9.17, 15) is 0 Å². The Bertz CT molecular complexity index is 390. The molecule has 1 rings (SSSR count). The number of benzene rings is 1. The number of nitrogens with one attached hydrogen (secondary N) is 1. The molecule has 2 atom stereocenters. The minimum Gasteiger partial charge on any atom is -0.409 e. The Hall–Kier alpha value is -1.71. The van der Waals surface area contributed by atoms with E-state index < -0.39 is 0 Å². The summed E-state index contributed by atoms with van der Waals surface area (Å²) >= 11 is 0. The minimum absolute atomic E-state index is 0.129. The summed E-state index contributed by atoms with van der Waals surface area (Å²) in [5.74, 6) is 0.729. The Labute approximate surface area is 103 Å². The topological polar surface area (TPSA) is 70.6 Å². The van der Waals surface area contributed by atoms with E-state index in [0.717, 1.165) is 12.1 Å². The molecule has 0 heterocycles.